The fraction of sp³-hybridized carbons (Fsp3) is 0.111. The standard InChI is InChI=1S/C18H15FN2O4/c1-2-25-16-10-11(3-8-15(16)22)9-14-17(23)21(18(24)20-14)13-6-4-12(19)5-7-13/h3-10,22H,2H2,1H3,(H,20,24)/b14-9-. The van der Waals surface area contributed by atoms with Gasteiger partial charge in [-0.1, -0.05) is 6.07 Å². The number of nitrogens with one attached hydrogen (secondary N) is 1. The van der Waals surface area contributed by atoms with Gasteiger partial charge >= 0.3 is 6.03 Å². The summed E-state index contributed by atoms with van der Waals surface area (Å²) >= 11 is 0. The van der Waals surface area contributed by atoms with Gasteiger partial charge in [-0.3, -0.25) is 4.79 Å². The third kappa shape index (κ3) is 3.30. The lowest BCUT2D eigenvalue weighted by Gasteiger charge is -2.11. The summed E-state index contributed by atoms with van der Waals surface area (Å²) in [6.07, 6.45) is 1.48. The molecule has 0 saturated carbocycles. The summed E-state index contributed by atoms with van der Waals surface area (Å²) in [6, 6.07) is 9.02. The highest BCUT2D eigenvalue weighted by atomic mass is 19.1. The lowest BCUT2D eigenvalue weighted by Crippen LogP contribution is -2.30. The van der Waals surface area contributed by atoms with Crippen LogP contribution in [0.4, 0.5) is 14.9 Å². The Balaban J connectivity index is 1.90. The van der Waals surface area contributed by atoms with Crippen molar-refractivity contribution in [1.29, 1.82) is 0 Å². The number of imide groups is 1. The Morgan fingerprint density at radius 1 is 1.20 bits per heavy atom. The lowest BCUT2D eigenvalue weighted by molar-refractivity contribution is -0.113. The fourth-order valence-corrected chi connectivity index (χ4v) is 2.42. The van der Waals surface area contributed by atoms with E-state index < -0.39 is 17.8 Å². The number of hydrogen-bond acceptors (Lipinski definition) is 4. The van der Waals surface area contributed by atoms with Crippen molar-refractivity contribution in [2.45, 2.75) is 6.92 Å². The number of benzene rings is 2. The van der Waals surface area contributed by atoms with Gasteiger partial charge in [-0.2, -0.15) is 0 Å². The second-order valence-electron chi connectivity index (χ2n) is 5.27. The number of aromatic hydroxyl groups is 1. The molecule has 0 bridgehead atoms. The Morgan fingerprint density at radius 3 is 2.60 bits per heavy atom. The van der Waals surface area contributed by atoms with Crippen LogP contribution in [0.1, 0.15) is 12.5 Å². The molecule has 1 aliphatic rings. The van der Waals surface area contributed by atoms with Gasteiger partial charge < -0.3 is 15.2 Å². The molecule has 0 aromatic heterocycles. The van der Waals surface area contributed by atoms with E-state index in [2.05, 4.69) is 5.32 Å². The topological polar surface area (TPSA) is 78.9 Å². The first-order valence-corrected chi connectivity index (χ1v) is 7.58. The van der Waals surface area contributed by atoms with Gasteiger partial charge in [0.1, 0.15) is 11.5 Å². The van der Waals surface area contributed by atoms with Gasteiger partial charge in [0.15, 0.2) is 11.5 Å². The van der Waals surface area contributed by atoms with Crippen LogP contribution in [0.15, 0.2) is 48.2 Å². The number of anilines is 1. The number of carbonyl (C=O) groups excluding carboxylic acids is 2. The number of phenols is 1. The average Bonchev–Trinajstić information content (AvgIpc) is 2.86. The predicted octanol–water partition coefficient (Wildman–Crippen LogP) is 3.03. The van der Waals surface area contributed by atoms with Gasteiger partial charge in [0.2, 0.25) is 0 Å². The van der Waals surface area contributed by atoms with Gasteiger partial charge in [-0.25, -0.2) is 14.1 Å². The third-order valence-corrected chi connectivity index (χ3v) is 3.56. The summed E-state index contributed by atoms with van der Waals surface area (Å²) in [5.41, 5.74) is 0.918. The Labute approximate surface area is 143 Å². The second kappa shape index (κ2) is 6.64. The molecular weight excluding hydrogens is 327 g/mol. The number of hydrogen-bond donors (Lipinski definition) is 2. The van der Waals surface area contributed by atoms with E-state index in [0.29, 0.717) is 12.2 Å². The molecule has 0 atom stereocenters. The Kier molecular flexibility index (Phi) is 4.38. The van der Waals surface area contributed by atoms with E-state index in [-0.39, 0.29) is 22.9 Å². The van der Waals surface area contributed by atoms with Gasteiger partial charge in [-0.15, -0.1) is 0 Å². The van der Waals surface area contributed by atoms with Crippen LogP contribution in [0, 0.1) is 5.82 Å². The smallest absolute Gasteiger partial charge is 0.333 e. The molecule has 1 saturated heterocycles. The van der Waals surface area contributed by atoms with Crippen LogP contribution in [-0.4, -0.2) is 23.7 Å². The first-order chi connectivity index (χ1) is 12.0. The number of amides is 3. The molecular formula is C18H15FN2O4. The van der Waals surface area contributed by atoms with E-state index in [1.54, 1.807) is 19.1 Å². The number of carbonyl (C=O) groups is 2. The van der Waals surface area contributed by atoms with Gasteiger partial charge in [-0.05, 0) is 55.0 Å². The van der Waals surface area contributed by atoms with Crippen LogP contribution < -0.4 is 15.0 Å². The van der Waals surface area contributed by atoms with E-state index in [1.165, 1.54) is 36.4 Å². The number of ether oxygens (including phenoxy) is 1. The van der Waals surface area contributed by atoms with Crippen LogP contribution in [0.2, 0.25) is 0 Å². The maximum absolute atomic E-state index is 13.0. The van der Waals surface area contributed by atoms with Crippen molar-refractivity contribution in [3.05, 3.63) is 59.5 Å². The van der Waals surface area contributed by atoms with E-state index >= 15 is 0 Å². The molecule has 0 spiro atoms. The third-order valence-electron chi connectivity index (χ3n) is 3.56. The summed E-state index contributed by atoms with van der Waals surface area (Å²) in [5.74, 6) is -0.746. The summed E-state index contributed by atoms with van der Waals surface area (Å²) in [4.78, 5) is 25.5. The van der Waals surface area contributed by atoms with E-state index in [0.717, 1.165) is 4.90 Å². The second-order valence-corrected chi connectivity index (χ2v) is 5.27. The lowest BCUT2D eigenvalue weighted by atomic mass is 10.1. The van der Waals surface area contributed by atoms with Crippen LogP contribution >= 0.6 is 0 Å². The van der Waals surface area contributed by atoms with Crippen LogP contribution in [0.5, 0.6) is 11.5 Å². The number of rotatable bonds is 4. The molecule has 2 N–H and O–H groups in total. The van der Waals surface area contributed by atoms with Crippen molar-refractivity contribution >= 4 is 23.7 Å². The normalized spacial score (nSPS) is 15.6. The first kappa shape index (κ1) is 16.5. The predicted molar refractivity (Wildman–Crippen MR) is 89.7 cm³/mol. The molecule has 128 valence electrons. The quantitative estimate of drug-likeness (QED) is 0.661. The molecule has 0 unspecified atom stereocenters. The van der Waals surface area contributed by atoms with Crippen LogP contribution in [-0.2, 0) is 4.79 Å². The SMILES string of the molecule is CCOc1cc(/C=C2\NC(=O)N(c3ccc(F)cc3)C2=O)ccc1O. The van der Waals surface area contributed by atoms with Gasteiger partial charge in [0.25, 0.3) is 5.91 Å². The van der Waals surface area contributed by atoms with Gasteiger partial charge in [0.05, 0.1) is 12.3 Å². The zero-order valence-corrected chi connectivity index (χ0v) is 13.3. The molecule has 2 aromatic rings. The minimum absolute atomic E-state index is 0.0151. The Morgan fingerprint density at radius 2 is 1.92 bits per heavy atom. The molecule has 6 nitrogen and oxygen atoms in total. The molecule has 1 fully saturated rings. The highest BCUT2D eigenvalue weighted by Gasteiger charge is 2.34. The molecule has 3 rings (SSSR count). The van der Waals surface area contributed by atoms with Crippen molar-refractivity contribution in [1.82, 2.24) is 5.32 Å². The van der Waals surface area contributed by atoms with E-state index in [4.69, 9.17) is 4.74 Å². The maximum atomic E-state index is 13.0. The van der Waals surface area contributed by atoms with Crippen LogP contribution in [0.3, 0.4) is 0 Å². The van der Waals surface area contributed by atoms with Crippen LogP contribution in [0.25, 0.3) is 6.08 Å². The monoisotopic (exact) mass is 342 g/mol. The van der Waals surface area contributed by atoms with Crippen molar-refractivity contribution in [3.8, 4) is 11.5 Å². The average molecular weight is 342 g/mol. The zero-order chi connectivity index (χ0) is 18.0. The molecule has 0 radical (unpaired) electrons. The van der Waals surface area contributed by atoms with E-state index in [9.17, 15) is 19.1 Å². The Hall–Kier alpha value is -3.35. The summed E-state index contributed by atoms with van der Waals surface area (Å²) in [7, 11) is 0. The number of nitrogens with zero attached hydrogens (tertiary/aromatic N) is 1. The minimum atomic E-state index is -0.619. The molecule has 2 aromatic carbocycles. The number of halogens is 1. The minimum Gasteiger partial charge on any atom is -0.504 e. The summed E-state index contributed by atoms with van der Waals surface area (Å²) < 4.78 is 18.3. The Bertz CT molecular complexity index is 862. The van der Waals surface area contributed by atoms with Gasteiger partial charge in [0, 0.05) is 0 Å². The maximum Gasteiger partial charge on any atom is 0.333 e. The largest absolute Gasteiger partial charge is 0.504 e. The van der Waals surface area contributed by atoms with E-state index in [1.807, 2.05) is 0 Å². The van der Waals surface area contributed by atoms with Crippen molar-refractivity contribution < 1.29 is 23.8 Å². The fourth-order valence-electron chi connectivity index (χ4n) is 2.42. The summed E-state index contributed by atoms with van der Waals surface area (Å²) in [5, 5.41) is 12.2. The van der Waals surface area contributed by atoms with Crippen molar-refractivity contribution in [2.24, 2.45) is 0 Å². The number of urea groups is 1. The van der Waals surface area contributed by atoms with Crippen molar-refractivity contribution in [2.75, 3.05) is 11.5 Å². The molecule has 7 heteroatoms. The molecule has 1 heterocycles. The highest BCUT2D eigenvalue weighted by molar-refractivity contribution is 6.28. The highest BCUT2D eigenvalue weighted by Crippen LogP contribution is 2.28. The first-order valence-electron chi connectivity index (χ1n) is 7.58. The van der Waals surface area contributed by atoms with Crippen molar-refractivity contribution in [3.63, 3.8) is 0 Å². The molecule has 25 heavy (non-hydrogen) atoms. The summed E-state index contributed by atoms with van der Waals surface area (Å²) in [6.45, 7) is 2.16. The number of phenolic OH excluding ortho intramolecular Hbond substituents is 1. The molecule has 3 amide bonds. The molecule has 0 aliphatic carbocycles. The zero-order valence-electron chi connectivity index (χ0n) is 13.3. The molecule has 1 aliphatic heterocycles.